The molecule has 0 fully saturated rings. The van der Waals surface area contributed by atoms with Gasteiger partial charge < -0.3 is 19.7 Å². The Kier molecular flexibility index (Phi) is 4.12. The monoisotopic (exact) mass is 326 g/mol. The molecule has 2 aromatic rings. The molecular formula is C18H18N2O4. The molecule has 0 spiro atoms. The number of carbonyl (C=O) groups is 2. The highest BCUT2D eigenvalue weighted by molar-refractivity contribution is 6.05. The summed E-state index contributed by atoms with van der Waals surface area (Å²) >= 11 is 0. The van der Waals surface area contributed by atoms with Gasteiger partial charge in [-0.3, -0.25) is 9.59 Å². The maximum atomic E-state index is 12.3. The van der Waals surface area contributed by atoms with E-state index < -0.39 is 6.10 Å². The van der Waals surface area contributed by atoms with Crippen molar-refractivity contribution in [3.63, 3.8) is 0 Å². The van der Waals surface area contributed by atoms with Gasteiger partial charge in [-0.25, -0.2) is 0 Å². The van der Waals surface area contributed by atoms with Crippen LogP contribution in [-0.2, 0) is 4.79 Å². The van der Waals surface area contributed by atoms with Crippen LogP contribution in [0.5, 0.6) is 11.5 Å². The van der Waals surface area contributed by atoms with Crippen molar-refractivity contribution in [1.82, 2.24) is 0 Å². The van der Waals surface area contributed by atoms with Crippen molar-refractivity contribution in [2.75, 3.05) is 24.4 Å². The topological polar surface area (TPSA) is 67.9 Å². The van der Waals surface area contributed by atoms with Crippen molar-refractivity contribution >= 4 is 23.2 Å². The van der Waals surface area contributed by atoms with Gasteiger partial charge in [-0.05, 0) is 49.4 Å². The fourth-order valence-electron chi connectivity index (χ4n) is 2.53. The largest absolute Gasteiger partial charge is 0.497 e. The normalized spacial score (nSPS) is 16.2. The van der Waals surface area contributed by atoms with Crippen LogP contribution in [0.15, 0.2) is 42.5 Å². The lowest BCUT2D eigenvalue weighted by Crippen LogP contribution is -2.41. The molecule has 0 saturated carbocycles. The molecule has 0 saturated heterocycles. The molecule has 2 aromatic carbocycles. The summed E-state index contributed by atoms with van der Waals surface area (Å²) in [6.07, 6.45) is -0.512. The molecule has 124 valence electrons. The second-order valence-electron chi connectivity index (χ2n) is 5.52. The third-order valence-electron chi connectivity index (χ3n) is 3.91. The average molecular weight is 326 g/mol. The van der Waals surface area contributed by atoms with Gasteiger partial charge in [-0.15, -0.1) is 0 Å². The number of nitrogens with zero attached hydrogens (tertiary/aromatic N) is 1. The minimum atomic E-state index is -0.512. The summed E-state index contributed by atoms with van der Waals surface area (Å²) < 4.78 is 10.6. The van der Waals surface area contributed by atoms with Crippen molar-refractivity contribution in [2.45, 2.75) is 13.0 Å². The maximum absolute atomic E-state index is 12.3. The molecule has 1 aliphatic heterocycles. The molecular weight excluding hydrogens is 308 g/mol. The van der Waals surface area contributed by atoms with Crippen LogP contribution in [0, 0.1) is 0 Å². The molecule has 0 aliphatic carbocycles. The first kappa shape index (κ1) is 15.9. The Morgan fingerprint density at radius 1 is 1.21 bits per heavy atom. The number of ether oxygens (including phenoxy) is 2. The number of rotatable bonds is 3. The lowest BCUT2D eigenvalue weighted by atomic mass is 10.1. The number of amides is 2. The fourth-order valence-corrected chi connectivity index (χ4v) is 2.53. The van der Waals surface area contributed by atoms with E-state index in [2.05, 4.69) is 5.32 Å². The van der Waals surface area contributed by atoms with Crippen molar-refractivity contribution in [2.24, 2.45) is 0 Å². The molecule has 0 aromatic heterocycles. The van der Waals surface area contributed by atoms with Crippen LogP contribution in [0.2, 0.25) is 0 Å². The number of carbonyl (C=O) groups excluding carboxylic acids is 2. The van der Waals surface area contributed by atoms with Crippen LogP contribution >= 0.6 is 0 Å². The van der Waals surface area contributed by atoms with Gasteiger partial charge in [0.1, 0.15) is 11.5 Å². The standard InChI is InChI=1S/C18H18N2O4/c1-11-18(22)20(2)15-10-13(6-9-16(15)24-11)19-17(21)12-4-7-14(23-3)8-5-12/h4-11H,1-3H3,(H,19,21)/t11-/m0/s1. The lowest BCUT2D eigenvalue weighted by molar-refractivity contribution is -0.125. The molecule has 1 heterocycles. The van der Waals surface area contributed by atoms with Gasteiger partial charge in [0.25, 0.3) is 11.8 Å². The quantitative estimate of drug-likeness (QED) is 0.941. The van der Waals surface area contributed by atoms with E-state index in [1.54, 1.807) is 63.5 Å². The third kappa shape index (κ3) is 2.90. The van der Waals surface area contributed by atoms with Gasteiger partial charge in [0.2, 0.25) is 0 Å². The maximum Gasteiger partial charge on any atom is 0.267 e. The van der Waals surface area contributed by atoms with Crippen LogP contribution in [0.25, 0.3) is 0 Å². The predicted molar refractivity (Wildman–Crippen MR) is 90.9 cm³/mol. The summed E-state index contributed by atoms with van der Waals surface area (Å²) in [6.45, 7) is 1.71. The highest BCUT2D eigenvalue weighted by Crippen LogP contribution is 2.35. The Balaban J connectivity index is 1.81. The van der Waals surface area contributed by atoms with E-state index >= 15 is 0 Å². The number of methoxy groups -OCH3 is 1. The number of likely N-dealkylation sites (N-methyl/N-ethyl adjacent to an activating group) is 1. The summed E-state index contributed by atoms with van der Waals surface area (Å²) in [5, 5.41) is 2.82. The Morgan fingerprint density at radius 3 is 2.58 bits per heavy atom. The van der Waals surface area contributed by atoms with Gasteiger partial charge in [-0.2, -0.15) is 0 Å². The smallest absolute Gasteiger partial charge is 0.267 e. The second-order valence-corrected chi connectivity index (χ2v) is 5.52. The molecule has 1 aliphatic rings. The molecule has 1 atom stereocenters. The summed E-state index contributed by atoms with van der Waals surface area (Å²) in [6, 6.07) is 12.0. The zero-order valence-corrected chi connectivity index (χ0v) is 13.7. The number of hydrogen-bond acceptors (Lipinski definition) is 4. The van der Waals surface area contributed by atoms with E-state index in [-0.39, 0.29) is 11.8 Å². The van der Waals surface area contributed by atoms with Crippen LogP contribution in [0.4, 0.5) is 11.4 Å². The van der Waals surface area contributed by atoms with E-state index in [0.29, 0.717) is 28.4 Å². The first-order chi connectivity index (χ1) is 11.5. The Bertz CT molecular complexity index is 786. The van der Waals surface area contributed by atoms with Gasteiger partial charge >= 0.3 is 0 Å². The predicted octanol–water partition coefficient (Wildman–Crippen LogP) is 2.69. The van der Waals surface area contributed by atoms with Crippen LogP contribution in [0.3, 0.4) is 0 Å². The van der Waals surface area contributed by atoms with Crippen molar-refractivity contribution in [3.8, 4) is 11.5 Å². The zero-order valence-electron chi connectivity index (χ0n) is 13.7. The molecule has 24 heavy (non-hydrogen) atoms. The molecule has 0 bridgehead atoms. The Hall–Kier alpha value is -3.02. The summed E-state index contributed by atoms with van der Waals surface area (Å²) in [7, 11) is 3.26. The Labute approximate surface area is 140 Å². The van der Waals surface area contributed by atoms with E-state index in [4.69, 9.17) is 9.47 Å². The molecule has 1 N–H and O–H groups in total. The SMILES string of the molecule is COc1ccc(C(=O)Nc2ccc3c(c2)N(C)C(=O)[C@H](C)O3)cc1. The van der Waals surface area contributed by atoms with Crippen LogP contribution < -0.4 is 19.7 Å². The van der Waals surface area contributed by atoms with Gasteiger partial charge in [-0.1, -0.05) is 0 Å². The molecule has 0 radical (unpaired) electrons. The molecule has 6 heteroatoms. The summed E-state index contributed by atoms with van der Waals surface area (Å²) in [4.78, 5) is 25.9. The number of nitrogens with one attached hydrogen (secondary N) is 1. The van der Waals surface area contributed by atoms with E-state index in [1.807, 2.05) is 0 Å². The lowest BCUT2D eigenvalue weighted by Gasteiger charge is -2.30. The van der Waals surface area contributed by atoms with Crippen molar-refractivity contribution in [3.05, 3.63) is 48.0 Å². The molecule has 0 unspecified atom stereocenters. The highest BCUT2D eigenvalue weighted by Gasteiger charge is 2.29. The van der Waals surface area contributed by atoms with Crippen molar-refractivity contribution in [1.29, 1.82) is 0 Å². The Morgan fingerprint density at radius 2 is 1.92 bits per heavy atom. The minimum absolute atomic E-state index is 0.124. The van der Waals surface area contributed by atoms with Crippen molar-refractivity contribution < 1.29 is 19.1 Å². The van der Waals surface area contributed by atoms with E-state index in [1.165, 1.54) is 4.90 Å². The minimum Gasteiger partial charge on any atom is -0.497 e. The van der Waals surface area contributed by atoms with Crippen LogP contribution in [-0.4, -0.2) is 32.1 Å². The highest BCUT2D eigenvalue weighted by atomic mass is 16.5. The number of hydrogen-bond donors (Lipinski definition) is 1. The second kappa shape index (κ2) is 6.23. The summed E-state index contributed by atoms with van der Waals surface area (Å²) in [5.74, 6) is 0.941. The third-order valence-corrected chi connectivity index (χ3v) is 3.91. The molecule has 6 nitrogen and oxygen atoms in total. The first-order valence-electron chi connectivity index (χ1n) is 7.53. The van der Waals surface area contributed by atoms with E-state index in [0.717, 1.165) is 0 Å². The van der Waals surface area contributed by atoms with Gasteiger partial charge in [0.05, 0.1) is 12.8 Å². The molecule has 2 amide bonds. The zero-order chi connectivity index (χ0) is 17.3. The fraction of sp³-hybridized carbons (Fsp3) is 0.222. The van der Waals surface area contributed by atoms with Crippen LogP contribution in [0.1, 0.15) is 17.3 Å². The number of anilines is 2. The number of fused-ring (bicyclic) bond motifs is 1. The summed E-state index contributed by atoms with van der Waals surface area (Å²) in [5.41, 5.74) is 1.74. The first-order valence-corrected chi connectivity index (χ1v) is 7.53. The van der Waals surface area contributed by atoms with Gasteiger partial charge in [0, 0.05) is 18.3 Å². The average Bonchev–Trinajstić information content (AvgIpc) is 2.60. The van der Waals surface area contributed by atoms with E-state index in [9.17, 15) is 9.59 Å². The molecule has 3 rings (SSSR count). The van der Waals surface area contributed by atoms with Gasteiger partial charge in [0.15, 0.2) is 6.10 Å². The number of benzene rings is 2.